The van der Waals surface area contributed by atoms with Gasteiger partial charge in [0.1, 0.15) is 0 Å². The van der Waals surface area contributed by atoms with Gasteiger partial charge in [-0.1, -0.05) is 0 Å². The third-order valence-corrected chi connectivity index (χ3v) is 0.930. The molecule has 0 atom stereocenters. The van der Waals surface area contributed by atoms with Crippen LogP contribution in [0, 0.1) is 0 Å². The number of carbonyl (C=O) groups is 2. The number of rotatable bonds is 0. The molecular weight excluding hydrogens is 160 g/mol. The number of aliphatic hydroxyl groups excluding tert-OH is 1. The van der Waals surface area contributed by atoms with Crippen molar-refractivity contribution in [3.63, 3.8) is 0 Å². The number of methoxy groups -OCH3 is 1. The third-order valence-electron chi connectivity index (χ3n) is 0.930. The normalized spacial score (nSPS) is 15.0. The van der Waals surface area contributed by atoms with E-state index in [2.05, 4.69) is 4.74 Å². The van der Waals surface area contributed by atoms with Crippen molar-refractivity contribution in [3.8, 4) is 0 Å². The largest absolute Gasteiger partial charge is 0.504 e. The minimum absolute atomic E-state index is 0.355. The van der Waals surface area contributed by atoms with Gasteiger partial charge in [0.25, 0.3) is 0 Å². The van der Waals surface area contributed by atoms with Crippen LogP contribution in [0.25, 0.3) is 0 Å². The van der Waals surface area contributed by atoms with Crippen LogP contribution in [0.5, 0.6) is 0 Å². The zero-order valence-corrected chi connectivity index (χ0v) is 6.90. The van der Waals surface area contributed by atoms with Crippen molar-refractivity contribution >= 4 is 11.6 Å². The highest BCUT2D eigenvalue weighted by molar-refractivity contribution is 6.15. The molecule has 4 nitrogen and oxygen atoms in total. The second-order valence-corrected chi connectivity index (χ2v) is 2.04. The van der Waals surface area contributed by atoms with Crippen LogP contribution in [0.4, 0.5) is 0 Å². The Balaban J connectivity index is 0.000000354. The lowest BCUT2D eigenvalue weighted by Gasteiger charge is -1.95. The third kappa shape index (κ3) is 3.68. The highest BCUT2D eigenvalue weighted by Gasteiger charge is 2.09. The van der Waals surface area contributed by atoms with E-state index in [9.17, 15) is 9.59 Å². The second-order valence-electron chi connectivity index (χ2n) is 2.04. The monoisotopic (exact) mass is 170 g/mol. The van der Waals surface area contributed by atoms with Crippen molar-refractivity contribution in [2.75, 3.05) is 14.2 Å². The van der Waals surface area contributed by atoms with E-state index in [0.29, 0.717) is 0 Å². The van der Waals surface area contributed by atoms with Crippen LogP contribution in [0.2, 0.25) is 0 Å². The molecule has 0 fully saturated rings. The Bertz CT molecular complexity index is 237. The van der Waals surface area contributed by atoms with Crippen molar-refractivity contribution in [3.05, 3.63) is 24.0 Å². The van der Waals surface area contributed by atoms with Crippen molar-refractivity contribution in [2.45, 2.75) is 0 Å². The van der Waals surface area contributed by atoms with E-state index in [1.165, 1.54) is 0 Å². The molecule has 0 saturated carbocycles. The molecule has 1 N–H and O–H groups in total. The Morgan fingerprint density at radius 1 is 1.25 bits per heavy atom. The van der Waals surface area contributed by atoms with E-state index >= 15 is 0 Å². The highest BCUT2D eigenvalue weighted by Crippen LogP contribution is 1.99. The summed E-state index contributed by atoms with van der Waals surface area (Å²) in [5.41, 5.74) is 0. The molecule has 0 aromatic carbocycles. The van der Waals surface area contributed by atoms with Gasteiger partial charge in [-0.05, 0) is 12.2 Å². The number of aliphatic hydroxyl groups is 1. The summed E-state index contributed by atoms with van der Waals surface area (Å²) in [5, 5.41) is 8.59. The Morgan fingerprint density at radius 3 is 2.08 bits per heavy atom. The van der Waals surface area contributed by atoms with Crippen LogP contribution in [-0.4, -0.2) is 30.9 Å². The summed E-state index contributed by atoms with van der Waals surface area (Å²) in [6.45, 7) is 0. The van der Waals surface area contributed by atoms with Crippen molar-refractivity contribution in [1.82, 2.24) is 0 Å². The van der Waals surface area contributed by atoms with Gasteiger partial charge in [0.05, 0.1) is 0 Å². The van der Waals surface area contributed by atoms with E-state index in [-0.39, 0.29) is 5.78 Å². The van der Waals surface area contributed by atoms with Gasteiger partial charge < -0.3 is 9.84 Å². The maximum atomic E-state index is 10.4. The molecule has 0 aliphatic heterocycles. The fraction of sp³-hybridized carbons (Fsp3) is 0.250. The van der Waals surface area contributed by atoms with Gasteiger partial charge in [-0.2, -0.15) is 0 Å². The first-order valence-corrected chi connectivity index (χ1v) is 3.19. The van der Waals surface area contributed by atoms with E-state index < -0.39 is 11.5 Å². The molecular formula is C8H10O4. The molecule has 4 heteroatoms. The smallest absolute Gasteiger partial charge is 0.220 e. The predicted molar refractivity (Wildman–Crippen MR) is 42.8 cm³/mol. The number of hydrogen-bond donors (Lipinski definition) is 1. The Morgan fingerprint density at radius 2 is 1.75 bits per heavy atom. The molecule has 0 heterocycles. The van der Waals surface area contributed by atoms with Gasteiger partial charge in [0, 0.05) is 20.3 Å². The minimum atomic E-state index is -0.519. The fourth-order valence-electron chi connectivity index (χ4n) is 0.497. The lowest BCUT2D eigenvalue weighted by atomic mass is 10.1. The van der Waals surface area contributed by atoms with Crippen molar-refractivity contribution < 1.29 is 19.4 Å². The topological polar surface area (TPSA) is 63.6 Å². The molecule has 0 unspecified atom stereocenters. The Labute approximate surface area is 70.1 Å². The Hall–Kier alpha value is -1.42. The van der Waals surface area contributed by atoms with Crippen LogP contribution in [-0.2, 0) is 14.3 Å². The summed E-state index contributed by atoms with van der Waals surface area (Å²) >= 11 is 0. The molecule has 0 radical (unpaired) electrons. The summed E-state index contributed by atoms with van der Waals surface area (Å²) in [6, 6.07) is 0. The molecule has 0 spiro atoms. The molecule has 1 rings (SSSR count). The number of allylic oxidation sites excluding steroid dienone is 3. The standard InChI is InChI=1S/C6H4O3.C2H6O/c7-4-1-2-5(8)6(9)3-4;1-3-2/h1-3,9H;1-2H3. The minimum Gasteiger partial charge on any atom is -0.504 e. The first-order valence-electron chi connectivity index (χ1n) is 3.19. The molecule has 0 saturated heterocycles. The van der Waals surface area contributed by atoms with Gasteiger partial charge in [0.15, 0.2) is 11.5 Å². The second kappa shape index (κ2) is 5.26. The molecule has 1 aliphatic carbocycles. The summed E-state index contributed by atoms with van der Waals surface area (Å²) < 4.78 is 4.25. The van der Waals surface area contributed by atoms with E-state index in [1.807, 2.05) is 0 Å². The van der Waals surface area contributed by atoms with E-state index in [1.54, 1.807) is 14.2 Å². The van der Waals surface area contributed by atoms with Crippen molar-refractivity contribution in [1.29, 1.82) is 0 Å². The first-order chi connectivity index (χ1) is 5.61. The molecule has 12 heavy (non-hydrogen) atoms. The van der Waals surface area contributed by atoms with Gasteiger partial charge >= 0.3 is 0 Å². The predicted octanol–water partition coefficient (Wildman–Crippen LogP) is 0.399. The molecule has 0 amide bonds. The number of carbonyl (C=O) groups excluding carboxylic acids is 2. The van der Waals surface area contributed by atoms with Gasteiger partial charge in [-0.15, -0.1) is 0 Å². The molecule has 66 valence electrons. The zero-order chi connectivity index (χ0) is 9.56. The molecule has 0 aromatic heterocycles. The fourth-order valence-corrected chi connectivity index (χ4v) is 0.497. The highest BCUT2D eigenvalue weighted by atomic mass is 16.4. The Kier molecular flexibility index (Phi) is 4.64. The van der Waals surface area contributed by atoms with Crippen molar-refractivity contribution in [2.24, 2.45) is 0 Å². The number of hydrogen-bond acceptors (Lipinski definition) is 4. The van der Waals surface area contributed by atoms with Gasteiger partial charge in [-0.25, -0.2) is 0 Å². The summed E-state index contributed by atoms with van der Waals surface area (Å²) in [4.78, 5) is 20.7. The molecule has 1 aliphatic rings. The maximum Gasteiger partial charge on any atom is 0.220 e. The summed E-state index contributed by atoms with van der Waals surface area (Å²) in [6.07, 6.45) is 3.04. The van der Waals surface area contributed by atoms with Crippen LogP contribution < -0.4 is 0 Å². The van der Waals surface area contributed by atoms with Crippen LogP contribution >= 0.6 is 0 Å². The number of ether oxygens (including phenoxy) is 1. The average molecular weight is 170 g/mol. The quantitative estimate of drug-likeness (QED) is 0.534. The lowest BCUT2D eigenvalue weighted by Crippen LogP contribution is -2.05. The molecule has 0 aromatic rings. The van der Waals surface area contributed by atoms with Crippen LogP contribution in [0.15, 0.2) is 24.0 Å². The lowest BCUT2D eigenvalue weighted by molar-refractivity contribution is -0.116. The summed E-state index contributed by atoms with van der Waals surface area (Å²) in [7, 11) is 3.25. The molecule has 0 bridgehead atoms. The zero-order valence-electron chi connectivity index (χ0n) is 6.90. The maximum absolute atomic E-state index is 10.4. The summed E-state index contributed by atoms with van der Waals surface area (Å²) in [5.74, 6) is -1.36. The number of ketones is 2. The SMILES string of the molecule is COC.O=C1C=CC(=O)C(O)=C1. The van der Waals surface area contributed by atoms with E-state index in [4.69, 9.17) is 5.11 Å². The van der Waals surface area contributed by atoms with Crippen LogP contribution in [0.3, 0.4) is 0 Å². The van der Waals surface area contributed by atoms with Crippen LogP contribution in [0.1, 0.15) is 0 Å². The van der Waals surface area contributed by atoms with Gasteiger partial charge in [0.2, 0.25) is 5.78 Å². The first kappa shape index (κ1) is 10.6. The van der Waals surface area contributed by atoms with Gasteiger partial charge in [-0.3, -0.25) is 9.59 Å². The average Bonchev–Trinajstić information content (AvgIpc) is 1.99. The van der Waals surface area contributed by atoms with E-state index in [0.717, 1.165) is 18.2 Å².